The van der Waals surface area contributed by atoms with Gasteiger partial charge >= 0.3 is 0 Å². The molecule has 1 unspecified atom stereocenters. The van der Waals surface area contributed by atoms with E-state index in [1.165, 1.54) is 18.6 Å². The number of benzene rings is 1. The molecular formula is C21H30IN7S. The molecule has 2 aromatic rings. The van der Waals surface area contributed by atoms with Crippen molar-refractivity contribution in [1.82, 2.24) is 20.4 Å². The van der Waals surface area contributed by atoms with Crippen LogP contribution in [0.5, 0.6) is 0 Å². The van der Waals surface area contributed by atoms with E-state index in [2.05, 4.69) is 28.7 Å². The van der Waals surface area contributed by atoms with Crippen LogP contribution >= 0.6 is 35.7 Å². The molecule has 162 valence electrons. The van der Waals surface area contributed by atoms with E-state index in [0.29, 0.717) is 23.1 Å². The van der Waals surface area contributed by atoms with Crippen molar-refractivity contribution in [1.29, 1.82) is 5.26 Å². The number of aryl methyl sites for hydroxylation is 1. The molecule has 1 aliphatic heterocycles. The number of thioether (sulfide) groups is 1. The number of nitriles is 1. The Balaban J connectivity index is 0.00000320. The highest BCUT2D eigenvalue weighted by atomic mass is 127. The maximum Gasteiger partial charge on any atom is 0.191 e. The Kier molecular flexibility index (Phi) is 10.3. The number of nitrogens with zero attached hydrogens (tertiary/aromatic N) is 4. The number of aliphatic imine (C=N–C) groups is 1. The second kappa shape index (κ2) is 12.7. The number of anilines is 1. The second-order valence-electron chi connectivity index (χ2n) is 6.95. The summed E-state index contributed by atoms with van der Waals surface area (Å²) in [5.41, 5.74) is 8.23. The predicted molar refractivity (Wildman–Crippen MR) is 136 cm³/mol. The third-order valence-corrected chi connectivity index (χ3v) is 6.19. The summed E-state index contributed by atoms with van der Waals surface area (Å²) in [5, 5.41) is 21.4. The highest BCUT2D eigenvalue weighted by Gasteiger charge is 2.17. The Morgan fingerprint density at radius 1 is 1.37 bits per heavy atom. The zero-order valence-electron chi connectivity index (χ0n) is 17.3. The molecule has 0 amide bonds. The average Bonchev–Trinajstić information content (AvgIpc) is 3.37. The molecule has 0 bridgehead atoms. The standard InChI is InChI=1S/C21H29N7S.HI/c1-2-24-21(26-15-17-10-7-13-29-17)25-12-6-11-19-18(14-22)20(23)28(27-19)16-8-4-3-5-9-16;/h3-5,8-9,17H,2,6-7,10-13,15,23H2,1H3,(H2,24,25,26);1H. The fourth-order valence-corrected chi connectivity index (χ4v) is 4.51. The fraction of sp³-hybridized carbons (Fsp3) is 0.476. The van der Waals surface area contributed by atoms with Crippen molar-refractivity contribution in [2.75, 3.05) is 31.1 Å². The van der Waals surface area contributed by atoms with Crippen LogP contribution in [-0.4, -0.2) is 46.4 Å². The highest BCUT2D eigenvalue weighted by Crippen LogP contribution is 2.26. The first-order valence-electron chi connectivity index (χ1n) is 10.2. The zero-order chi connectivity index (χ0) is 20.5. The minimum atomic E-state index is 0. The summed E-state index contributed by atoms with van der Waals surface area (Å²) in [6.45, 7) is 4.52. The molecule has 3 rings (SSSR count). The largest absolute Gasteiger partial charge is 0.382 e. The minimum absolute atomic E-state index is 0. The Hall–Kier alpha value is -1.93. The lowest BCUT2D eigenvalue weighted by Crippen LogP contribution is -2.38. The average molecular weight is 539 g/mol. The Bertz CT molecular complexity index is 854. The molecule has 30 heavy (non-hydrogen) atoms. The summed E-state index contributed by atoms with van der Waals surface area (Å²) >= 11 is 2.02. The number of hydrogen-bond acceptors (Lipinski definition) is 5. The normalized spacial score (nSPS) is 16.0. The summed E-state index contributed by atoms with van der Waals surface area (Å²) in [5.74, 6) is 2.50. The molecule has 0 saturated carbocycles. The van der Waals surface area contributed by atoms with Crippen molar-refractivity contribution >= 4 is 47.5 Å². The van der Waals surface area contributed by atoms with E-state index >= 15 is 0 Å². The first kappa shape index (κ1) is 24.3. The van der Waals surface area contributed by atoms with Crippen LogP contribution in [0, 0.1) is 11.3 Å². The summed E-state index contributed by atoms with van der Waals surface area (Å²) in [7, 11) is 0. The number of nitrogens with two attached hydrogens (primary N) is 1. The lowest BCUT2D eigenvalue weighted by Gasteiger charge is -2.12. The number of hydrogen-bond donors (Lipinski definition) is 3. The molecule has 1 saturated heterocycles. The van der Waals surface area contributed by atoms with Gasteiger partial charge in [0.05, 0.1) is 17.9 Å². The predicted octanol–water partition coefficient (Wildman–Crippen LogP) is 3.33. The fourth-order valence-electron chi connectivity index (χ4n) is 3.33. The van der Waals surface area contributed by atoms with Crippen LogP contribution in [0.4, 0.5) is 5.82 Å². The lowest BCUT2D eigenvalue weighted by molar-refractivity contribution is 0.717. The van der Waals surface area contributed by atoms with Gasteiger partial charge in [-0.1, -0.05) is 18.2 Å². The number of guanidine groups is 1. The first-order valence-corrected chi connectivity index (χ1v) is 11.2. The van der Waals surface area contributed by atoms with Crippen molar-refractivity contribution in [3.63, 3.8) is 0 Å². The third kappa shape index (κ3) is 6.54. The summed E-state index contributed by atoms with van der Waals surface area (Å²) in [6, 6.07) is 11.9. The number of rotatable bonds is 8. The van der Waals surface area contributed by atoms with E-state index in [0.717, 1.165) is 43.4 Å². The van der Waals surface area contributed by atoms with E-state index < -0.39 is 0 Å². The molecule has 0 spiro atoms. The molecule has 1 atom stereocenters. The van der Waals surface area contributed by atoms with E-state index in [1.807, 2.05) is 42.1 Å². The molecule has 4 N–H and O–H groups in total. The number of nitrogen functional groups attached to an aromatic ring is 1. The Morgan fingerprint density at radius 3 is 2.83 bits per heavy atom. The molecule has 2 heterocycles. The molecule has 1 fully saturated rings. The van der Waals surface area contributed by atoms with Crippen molar-refractivity contribution < 1.29 is 0 Å². The van der Waals surface area contributed by atoms with Gasteiger partial charge in [0.25, 0.3) is 0 Å². The van der Waals surface area contributed by atoms with Gasteiger partial charge in [0.2, 0.25) is 0 Å². The molecule has 1 aliphatic rings. The topological polar surface area (TPSA) is 104 Å². The van der Waals surface area contributed by atoms with Gasteiger partial charge < -0.3 is 16.4 Å². The highest BCUT2D eigenvalue weighted by molar-refractivity contribution is 14.0. The van der Waals surface area contributed by atoms with Crippen molar-refractivity contribution in [3.8, 4) is 11.8 Å². The van der Waals surface area contributed by atoms with Gasteiger partial charge in [-0.05, 0) is 50.5 Å². The Labute approximate surface area is 199 Å². The summed E-state index contributed by atoms with van der Waals surface area (Å²) < 4.78 is 1.64. The number of nitrogens with one attached hydrogen (secondary N) is 2. The zero-order valence-corrected chi connectivity index (χ0v) is 20.5. The second-order valence-corrected chi connectivity index (χ2v) is 8.36. The van der Waals surface area contributed by atoms with Gasteiger partial charge in [-0.3, -0.25) is 4.99 Å². The lowest BCUT2D eigenvalue weighted by atomic mass is 10.1. The monoisotopic (exact) mass is 539 g/mol. The van der Waals surface area contributed by atoms with Crippen LogP contribution in [0.25, 0.3) is 5.69 Å². The van der Waals surface area contributed by atoms with Crippen molar-refractivity contribution in [3.05, 3.63) is 41.6 Å². The van der Waals surface area contributed by atoms with E-state index in [1.54, 1.807) is 4.68 Å². The van der Waals surface area contributed by atoms with Crippen LogP contribution < -0.4 is 16.4 Å². The van der Waals surface area contributed by atoms with Gasteiger partial charge in [0.15, 0.2) is 5.96 Å². The van der Waals surface area contributed by atoms with Crippen LogP contribution in [-0.2, 0) is 6.42 Å². The maximum atomic E-state index is 9.52. The molecule has 0 radical (unpaired) electrons. The quantitative estimate of drug-likeness (QED) is 0.206. The van der Waals surface area contributed by atoms with Gasteiger partial charge in [-0.15, -0.1) is 24.0 Å². The van der Waals surface area contributed by atoms with Gasteiger partial charge in [0.1, 0.15) is 17.5 Å². The van der Waals surface area contributed by atoms with Crippen LogP contribution in [0.1, 0.15) is 37.4 Å². The molecule has 7 nitrogen and oxygen atoms in total. The SMILES string of the molecule is CCNC(=NCC1CCCS1)NCCCc1nn(-c2ccccc2)c(N)c1C#N.I. The molecular weight excluding hydrogens is 509 g/mol. The molecule has 9 heteroatoms. The number of para-hydroxylation sites is 1. The van der Waals surface area contributed by atoms with Gasteiger partial charge in [-0.2, -0.15) is 22.1 Å². The summed E-state index contributed by atoms with van der Waals surface area (Å²) in [4.78, 5) is 4.71. The smallest absolute Gasteiger partial charge is 0.191 e. The number of halogens is 1. The molecule has 1 aromatic carbocycles. The maximum absolute atomic E-state index is 9.52. The van der Waals surface area contributed by atoms with Crippen molar-refractivity contribution in [2.24, 2.45) is 4.99 Å². The van der Waals surface area contributed by atoms with Crippen LogP contribution in [0.2, 0.25) is 0 Å². The van der Waals surface area contributed by atoms with Gasteiger partial charge in [0, 0.05) is 18.3 Å². The number of aromatic nitrogens is 2. The summed E-state index contributed by atoms with van der Waals surface area (Å²) in [6.07, 6.45) is 4.07. The molecule has 1 aromatic heterocycles. The van der Waals surface area contributed by atoms with Crippen LogP contribution in [0.15, 0.2) is 35.3 Å². The first-order chi connectivity index (χ1) is 14.2. The Morgan fingerprint density at radius 2 is 2.17 bits per heavy atom. The van der Waals surface area contributed by atoms with Crippen LogP contribution in [0.3, 0.4) is 0 Å². The third-order valence-electron chi connectivity index (χ3n) is 4.81. The van der Waals surface area contributed by atoms with Gasteiger partial charge in [-0.25, -0.2) is 4.68 Å². The van der Waals surface area contributed by atoms with Crippen molar-refractivity contribution in [2.45, 2.75) is 37.9 Å². The minimum Gasteiger partial charge on any atom is -0.382 e. The van der Waals surface area contributed by atoms with E-state index in [9.17, 15) is 5.26 Å². The van der Waals surface area contributed by atoms with E-state index in [4.69, 9.17) is 10.7 Å². The van der Waals surface area contributed by atoms with E-state index in [-0.39, 0.29) is 24.0 Å². The molecule has 0 aliphatic carbocycles.